The lowest BCUT2D eigenvalue weighted by molar-refractivity contribution is 0.0465. The first kappa shape index (κ1) is 17.2. The Morgan fingerprint density at radius 3 is 2.64 bits per heavy atom. The molecule has 2 N–H and O–H groups in total. The maximum Gasteiger partial charge on any atom is 0.407 e. The van der Waals surface area contributed by atoms with E-state index in [1.54, 1.807) is 6.07 Å². The second-order valence-corrected chi connectivity index (χ2v) is 7.48. The number of amides is 1. The summed E-state index contributed by atoms with van der Waals surface area (Å²) in [6, 6.07) is 5.20. The molecule has 1 aromatic rings. The van der Waals surface area contributed by atoms with E-state index >= 15 is 0 Å². The normalized spacial score (nSPS) is 21.1. The topological polar surface area (TPSA) is 50.4 Å². The molecule has 0 radical (unpaired) electrons. The number of hydrogen-bond acceptors (Lipinski definition) is 3. The zero-order valence-electron chi connectivity index (χ0n) is 13.1. The van der Waals surface area contributed by atoms with Crippen LogP contribution < -0.4 is 10.6 Å². The van der Waals surface area contributed by atoms with Gasteiger partial charge in [-0.1, -0.05) is 22.0 Å². The number of carbonyl (C=O) groups is 1. The Bertz CT molecular complexity index is 539. The first-order chi connectivity index (χ1) is 10.2. The lowest BCUT2D eigenvalue weighted by Gasteiger charge is -2.36. The molecule has 0 spiro atoms. The van der Waals surface area contributed by atoms with Gasteiger partial charge < -0.3 is 15.4 Å². The molecule has 1 aliphatic carbocycles. The minimum absolute atomic E-state index is 0.156. The summed E-state index contributed by atoms with van der Waals surface area (Å²) in [5.41, 5.74) is 0.547. The SMILES string of the molecule is CC(C)(C)OC(=O)NC1CC(NCc2ccc(F)cc2Br)C1. The zero-order chi connectivity index (χ0) is 16.3. The van der Waals surface area contributed by atoms with Crippen LogP contribution >= 0.6 is 15.9 Å². The number of hydrogen-bond donors (Lipinski definition) is 2. The van der Waals surface area contributed by atoms with Gasteiger partial charge in [0.05, 0.1) is 0 Å². The summed E-state index contributed by atoms with van der Waals surface area (Å²) in [5.74, 6) is -0.249. The van der Waals surface area contributed by atoms with E-state index in [-0.39, 0.29) is 18.0 Å². The molecule has 6 heteroatoms. The van der Waals surface area contributed by atoms with Gasteiger partial charge in [0.15, 0.2) is 0 Å². The van der Waals surface area contributed by atoms with Gasteiger partial charge in [0, 0.05) is 23.1 Å². The molecule has 0 aliphatic heterocycles. The van der Waals surface area contributed by atoms with Crippen LogP contribution in [0.15, 0.2) is 22.7 Å². The highest BCUT2D eigenvalue weighted by atomic mass is 79.9. The van der Waals surface area contributed by atoms with E-state index in [4.69, 9.17) is 4.74 Å². The molecule has 1 amide bonds. The van der Waals surface area contributed by atoms with Gasteiger partial charge >= 0.3 is 6.09 Å². The molecule has 0 unspecified atom stereocenters. The Morgan fingerprint density at radius 2 is 2.05 bits per heavy atom. The summed E-state index contributed by atoms with van der Waals surface area (Å²) in [4.78, 5) is 11.6. The smallest absolute Gasteiger partial charge is 0.407 e. The molecule has 22 heavy (non-hydrogen) atoms. The zero-order valence-corrected chi connectivity index (χ0v) is 14.7. The highest BCUT2D eigenvalue weighted by molar-refractivity contribution is 9.10. The second kappa shape index (κ2) is 6.96. The van der Waals surface area contributed by atoms with Crippen LogP contribution in [-0.2, 0) is 11.3 Å². The number of ether oxygens (including phenoxy) is 1. The average molecular weight is 373 g/mol. The van der Waals surface area contributed by atoms with Gasteiger partial charge in [-0.25, -0.2) is 9.18 Å². The van der Waals surface area contributed by atoms with Crippen LogP contribution in [0.4, 0.5) is 9.18 Å². The van der Waals surface area contributed by atoms with Crippen LogP contribution in [0.3, 0.4) is 0 Å². The largest absolute Gasteiger partial charge is 0.444 e. The van der Waals surface area contributed by atoms with Crippen LogP contribution in [0.25, 0.3) is 0 Å². The Kier molecular flexibility index (Phi) is 5.45. The van der Waals surface area contributed by atoms with Crippen LogP contribution in [0.2, 0.25) is 0 Å². The Morgan fingerprint density at radius 1 is 1.36 bits per heavy atom. The first-order valence-electron chi connectivity index (χ1n) is 7.40. The molecule has 1 aliphatic rings. The summed E-state index contributed by atoms with van der Waals surface area (Å²) >= 11 is 3.36. The lowest BCUT2D eigenvalue weighted by atomic mass is 9.87. The second-order valence-electron chi connectivity index (χ2n) is 6.63. The van der Waals surface area contributed by atoms with E-state index < -0.39 is 5.60 Å². The van der Waals surface area contributed by atoms with Crippen molar-refractivity contribution in [3.05, 3.63) is 34.1 Å². The number of carbonyl (C=O) groups excluding carboxylic acids is 1. The van der Waals surface area contributed by atoms with E-state index in [1.807, 2.05) is 20.8 Å². The molecule has 0 aromatic heterocycles. The highest BCUT2D eigenvalue weighted by Gasteiger charge is 2.31. The number of nitrogens with one attached hydrogen (secondary N) is 2. The van der Waals surface area contributed by atoms with Crippen molar-refractivity contribution >= 4 is 22.0 Å². The van der Waals surface area contributed by atoms with E-state index in [2.05, 4.69) is 26.6 Å². The predicted molar refractivity (Wildman–Crippen MR) is 87.1 cm³/mol. The summed E-state index contributed by atoms with van der Waals surface area (Å²) < 4.78 is 19.0. The Balaban J connectivity index is 1.68. The van der Waals surface area contributed by atoms with Crippen molar-refractivity contribution in [3.8, 4) is 0 Å². The predicted octanol–water partition coefficient (Wildman–Crippen LogP) is 3.73. The number of halogens is 2. The highest BCUT2D eigenvalue weighted by Crippen LogP contribution is 2.23. The number of benzene rings is 1. The van der Waals surface area contributed by atoms with Crippen molar-refractivity contribution in [2.75, 3.05) is 0 Å². The third kappa shape index (κ3) is 5.25. The van der Waals surface area contributed by atoms with Gasteiger partial charge in [-0.15, -0.1) is 0 Å². The molecular weight excluding hydrogens is 351 g/mol. The third-order valence-electron chi connectivity index (χ3n) is 3.46. The third-order valence-corrected chi connectivity index (χ3v) is 4.19. The monoisotopic (exact) mass is 372 g/mol. The van der Waals surface area contributed by atoms with Gasteiger partial charge in [0.25, 0.3) is 0 Å². The van der Waals surface area contributed by atoms with Crippen molar-refractivity contribution < 1.29 is 13.9 Å². The standard InChI is InChI=1S/C16H22BrFN2O2/c1-16(2,3)22-15(21)20-13-7-12(8-13)19-9-10-4-5-11(18)6-14(10)17/h4-6,12-13,19H,7-9H2,1-3H3,(H,20,21). The molecule has 1 fully saturated rings. The number of alkyl carbamates (subject to hydrolysis) is 1. The summed E-state index contributed by atoms with van der Waals surface area (Å²) in [6.45, 7) is 6.21. The van der Waals surface area contributed by atoms with Crippen LogP contribution in [0, 0.1) is 5.82 Å². The fraction of sp³-hybridized carbons (Fsp3) is 0.562. The van der Waals surface area contributed by atoms with Gasteiger partial charge in [0.2, 0.25) is 0 Å². The maximum absolute atomic E-state index is 13.0. The minimum Gasteiger partial charge on any atom is -0.444 e. The van der Waals surface area contributed by atoms with Crippen molar-refractivity contribution in [2.45, 2.75) is 57.8 Å². The summed E-state index contributed by atoms with van der Waals surface area (Å²) in [7, 11) is 0. The summed E-state index contributed by atoms with van der Waals surface area (Å²) in [5, 5.41) is 6.26. The van der Waals surface area contributed by atoms with Gasteiger partial charge in [-0.2, -0.15) is 0 Å². The molecular formula is C16H22BrFN2O2. The van der Waals surface area contributed by atoms with Crippen LogP contribution in [0.1, 0.15) is 39.2 Å². The van der Waals surface area contributed by atoms with Crippen molar-refractivity contribution in [3.63, 3.8) is 0 Å². The molecule has 0 saturated heterocycles. The van der Waals surface area contributed by atoms with Gasteiger partial charge in [-0.3, -0.25) is 0 Å². The Hall–Kier alpha value is -1.14. The maximum atomic E-state index is 13.0. The lowest BCUT2D eigenvalue weighted by Crippen LogP contribution is -2.53. The van der Waals surface area contributed by atoms with E-state index in [9.17, 15) is 9.18 Å². The molecule has 1 saturated carbocycles. The van der Waals surface area contributed by atoms with Crippen LogP contribution in [-0.4, -0.2) is 23.8 Å². The molecule has 2 rings (SSSR count). The molecule has 4 nitrogen and oxygen atoms in total. The van der Waals surface area contributed by atoms with Crippen molar-refractivity contribution in [2.24, 2.45) is 0 Å². The molecule has 122 valence electrons. The molecule has 0 bridgehead atoms. The quantitative estimate of drug-likeness (QED) is 0.846. The van der Waals surface area contributed by atoms with E-state index in [0.29, 0.717) is 12.6 Å². The average Bonchev–Trinajstić information content (AvgIpc) is 2.31. The fourth-order valence-electron chi connectivity index (χ4n) is 2.30. The minimum atomic E-state index is -0.472. The van der Waals surface area contributed by atoms with Crippen molar-refractivity contribution in [1.29, 1.82) is 0 Å². The molecule has 0 atom stereocenters. The van der Waals surface area contributed by atoms with Crippen molar-refractivity contribution in [1.82, 2.24) is 10.6 Å². The van der Waals surface area contributed by atoms with E-state index in [0.717, 1.165) is 22.9 Å². The fourth-order valence-corrected chi connectivity index (χ4v) is 2.79. The van der Waals surface area contributed by atoms with Gasteiger partial charge in [-0.05, 0) is 51.3 Å². The summed E-state index contributed by atoms with van der Waals surface area (Å²) in [6.07, 6.45) is 1.38. The molecule has 0 heterocycles. The number of rotatable bonds is 4. The Labute approximate surface area is 138 Å². The van der Waals surface area contributed by atoms with Crippen LogP contribution in [0.5, 0.6) is 0 Å². The van der Waals surface area contributed by atoms with E-state index in [1.165, 1.54) is 12.1 Å². The molecule has 1 aromatic carbocycles. The van der Waals surface area contributed by atoms with Gasteiger partial charge in [0.1, 0.15) is 11.4 Å². The first-order valence-corrected chi connectivity index (χ1v) is 8.19.